The SMILES string of the molecule is CCC1CC(CC(C(C)=O)N(C)C)N(C)C1. The number of Topliss-reactive ketones (excluding diaryl/α,β-unsaturated/α-hetero) is 1. The summed E-state index contributed by atoms with van der Waals surface area (Å²) in [5, 5.41) is 0. The summed E-state index contributed by atoms with van der Waals surface area (Å²) >= 11 is 0. The van der Waals surface area contributed by atoms with Crippen molar-refractivity contribution >= 4 is 5.78 Å². The molecule has 0 aromatic heterocycles. The van der Waals surface area contributed by atoms with E-state index in [9.17, 15) is 4.79 Å². The van der Waals surface area contributed by atoms with Gasteiger partial charge in [-0.25, -0.2) is 0 Å². The Kier molecular flexibility index (Phi) is 4.93. The summed E-state index contributed by atoms with van der Waals surface area (Å²) in [6, 6.07) is 0.671. The molecule has 1 rings (SSSR count). The molecule has 0 aromatic carbocycles. The van der Waals surface area contributed by atoms with Gasteiger partial charge in [0.1, 0.15) is 5.78 Å². The molecule has 1 saturated heterocycles. The zero-order chi connectivity index (χ0) is 12.3. The number of likely N-dealkylation sites (N-methyl/N-ethyl adjacent to an activating group) is 1. The lowest BCUT2D eigenvalue weighted by molar-refractivity contribution is -0.121. The second kappa shape index (κ2) is 5.78. The fourth-order valence-corrected chi connectivity index (χ4v) is 2.77. The summed E-state index contributed by atoms with van der Waals surface area (Å²) < 4.78 is 0. The molecule has 0 aliphatic carbocycles. The molecule has 0 N–H and O–H groups in total. The van der Waals surface area contributed by atoms with Crippen molar-refractivity contribution in [1.29, 1.82) is 0 Å². The van der Waals surface area contributed by atoms with E-state index in [1.54, 1.807) is 6.92 Å². The smallest absolute Gasteiger partial charge is 0.146 e. The van der Waals surface area contributed by atoms with Crippen molar-refractivity contribution in [2.24, 2.45) is 5.92 Å². The maximum atomic E-state index is 11.6. The first-order valence-corrected chi connectivity index (χ1v) is 6.32. The van der Waals surface area contributed by atoms with Crippen LogP contribution >= 0.6 is 0 Å². The van der Waals surface area contributed by atoms with E-state index in [2.05, 4.69) is 23.8 Å². The van der Waals surface area contributed by atoms with Gasteiger partial charge in [-0.15, -0.1) is 0 Å². The highest BCUT2D eigenvalue weighted by atomic mass is 16.1. The van der Waals surface area contributed by atoms with Gasteiger partial charge >= 0.3 is 0 Å². The van der Waals surface area contributed by atoms with Gasteiger partial charge in [0.25, 0.3) is 0 Å². The Morgan fingerprint density at radius 2 is 2.12 bits per heavy atom. The minimum Gasteiger partial charge on any atom is -0.303 e. The van der Waals surface area contributed by atoms with E-state index in [4.69, 9.17) is 0 Å². The van der Waals surface area contributed by atoms with Gasteiger partial charge in [-0.2, -0.15) is 0 Å². The fourth-order valence-electron chi connectivity index (χ4n) is 2.77. The number of nitrogens with zero attached hydrogens (tertiary/aromatic N) is 2. The van der Waals surface area contributed by atoms with Crippen molar-refractivity contribution in [3.05, 3.63) is 0 Å². The number of carbonyl (C=O) groups excluding carboxylic acids is 1. The second-order valence-corrected chi connectivity index (χ2v) is 5.43. The molecular weight excluding hydrogens is 200 g/mol. The van der Waals surface area contributed by atoms with Crippen LogP contribution in [0.5, 0.6) is 0 Å². The maximum absolute atomic E-state index is 11.6. The van der Waals surface area contributed by atoms with Crippen molar-refractivity contribution < 1.29 is 4.79 Å². The van der Waals surface area contributed by atoms with Crippen LogP contribution in [-0.2, 0) is 4.79 Å². The molecule has 3 unspecified atom stereocenters. The van der Waals surface area contributed by atoms with Crippen molar-refractivity contribution in [2.75, 3.05) is 27.7 Å². The Hall–Kier alpha value is -0.410. The summed E-state index contributed by atoms with van der Waals surface area (Å²) in [4.78, 5) is 16.0. The van der Waals surface area contributed by atoms with E-state index >= 15 is 0 Å². The third-order valence-electron chi connectivity index (χ3n) is 3.94. The van der Waals surface area contributed by atoms with Gasteiger partial charge in [-0.3, -0.25) is 9.69 Å². The van der Waals surface area contributed by atoms with E-state index in [1.165, 1.54) is 19.4 Å². The van der Waals surface area contributed by atoms with E-state index in [1.807, 2.05) is 14.1 Å². The second-order valence-electron chi connectivity index (χ2n) is 5.43. The molecule has 0 saturated carbocycles. The van der Waals surface area contributed by atoms with E-state index in [0.717, 1.165) is 12.3 Å². The highest BCUT2D eigenvalue weighted by Gasteiger charge is 2.31. The quantitative estimate of drug-likeness (QED) is 0.712. The molecular formula is C13H26N2O. The highest BCUT2D eigenvalue weighted by molar-refractivity contribution is 5.81. The molecule has 0 spiro atoms. The zero-order valence-corrected chi connectivity index (χ0v) is 11.4. The Bertz CT molecular complexity index is 240. The lowest BCUT2D eigenvalue weighted by Crippen LogP contribution is -2.40. The van der Waals surface area contributed by atoms with Crippen LogP contribution in [0.4, 0.5) is 0 Å². The first-order chi connectivity index (χ1) is 7.45. The van der Waals surface area contributed by atoms with Gasteiger partial charge in [0.2, 0.25) is 0 Å². The van der Waals surface area contributed by atoms with Gasteiger partial charge in [-0.05, 0) is 46.8 Å². The Labute approximate surface area is 99.8 Å². The van der Waals surface area contributed by atoms with Crippen LogP contribution in [0.1, 0.15) is 33.1 Å². The van der Waals surface area contributed by atoms with Crippen LogP contribution in [0, 0.1) is 5.92 Å². The maximum Gasteiger partial charge on any atom is 0.146 e. The lowest BCUT2D eigenvalue weighted by atomic mass is 9.97. The first kappa shape index (κ1) is 13.7. The normalized spacial score (nSPS) is 28.6. The number of rotatable bonds is 5. The lowest BCUT2D eigenvalue weighted by Gasteiger charge is -2.27. The molecule has 94 valence electrons. The van der Waals surface area contributed by atoms with Crippen LogP contribution in [-0.4, -0.2) is 55.4 Å². The molecule has 0 radical (unpaired) electrons. The average molecular weight is 226 g/mol. The highest BCUT2D eigenvalue weighted by Crippen LogP contribution is 2.27. The Morgan fingerprint density at radius 3 is 2.50 bits per heavy atom. The van der Waals surface area contributed by atoms with Crippen LogP contribution in [0.25, 0.3) is 0 Å². The van der Waals surface area contributed by atoms with Crippen molar-refractivity contribution in [1.82, 2.24) is 9.80 Å². The summed E-state index contributed by atoms with van der Waals surface area (Å²) in [6.07, 6.45) is 3.49. The minimum atomic E-state index is 0.0862. The van der Waals surface area contributed by atoms with Gasteiger partial charge in [0.15, 0.2) is 0 Å². The molecule has 0 bridgehead atoms. The third-order valence-corrected chi connectivity index (χ3v) is 3.94. The molecule has 1 aliphatic heterocycles. The first-order valence-electron chi connectivity index (χ1n) is 6.32. The van der Waals surface area contributed by atoms with E-state index in [0.29, 0.717) is 11.8 Å². The molecule has 3 nitrogen and oxygen atoms in total. The minimum absolute atomic E-state index is 0.0862. The topological polar surface area (TPSA) is 23.6 Å². The standard InChI is InChI=1S/C13H26N2O/c1-6-11-7-12(15(5)9-11)8-13(10(2)16)14(3)4/h11-13H,6-9H2,1-5H3. The number of hydrogen-bond donors (Lipinski definition) is 0. The van der Waals surface area contributed by atoms with Crippen LogP contribution in [0.15, 0.2) is 0 Å². The van der Waals surface area contributed by atoms with Crippen LogP contribution in [0.2, 0.25) is 0 Å². The summed E-state index contributed by atoms with van der Waals surface area (Å²) in [6.45, 7) is 5.16. The molecule has 3 heteroatoms. The average Bonchev–Trinajstić information content (AvgIpc) is 2.54. The largest absolute Gasteiger partial charge is 0.303 e. The van der Waals surface area contributed by atoms with Crippen molar-refractivity contribution in [2.45, 2.75) is 45.2 Å². The predicted octanol–water partition coefficient (Wildman–Crippen LogP) is 1.63. The number of hydrogen-bond acceptors (Lipinski definition) is 3. The third kappa shape index (κ3) is 3.29. The number of carbonyl (C=O) groups is 1. The van der Waals surface area contributed by atoms with Crippen LogP contribution < -0.4 is 0 Å². The zero-order valence-electron chi connectivity index (χ0n) is 11.4. The molecule has 0 aromatic rings. The molecule has 1 heterocycles. The van der Waals surface area contributed by atoms with Crippen LogP contribution in [0.3, 0.4) is 0 Å². The summed E-state index contributed by atoms with van der Waals surface area (Å²) in [5.41, 5.74) is 0. The molecule has 0 amide bonds. The Balaban J connectivity index is 2.55. The number of likely N-dealkylation sites (tertiary alicyclic amines) is 1. The van der Waals surface area contributed by atoms with E-state index in [-0.39, 0.29) is 6.04 Å². The monoisotopic (exact) mass is 226 g/mol. The fraction of sp³-hybridized carbons (Fsp3) is 0.923. The molecule has 16 heavy (non-hydrogen) atoms. The van der Waals surface area contributed by atoms with Gasteiger partial charge in [0.05, 0.1) is 6.04 Å². The predicted molar refractivity (Wildman–Crippen MR) is 67.6 cm³/mol. The molecule has 3 atom stereocenters. The van der Waals surface area contributed by atoms with Gasteiger partial charge in [0, 0.05) is 12.6 Å². The van der Waals surface area contributed by atoms with Crippen molar-refractivity contribution in [3.63, 3.8) is 0 Å². The number of ketones is 1. The van der Waals surface area contributed by atoms with E-state index < -0.39 is 0 Å². The summed E-state index contributed by atoms with van der Waals surface area (Å²) in [7, 11) is 6.18. The summed E-state index contributed by atoms with van der Waals surface area (Å²) in [5.74, 6) is 1.11. The van der Waals surface area contributed by atoms with Gasteiger partial charge in [-0.1, -0.05) is 13.3 Å². The van der Waals surface area contributed by atoms with Crippen molar-refractivity contribution in [3.8, 4) is 0 Å². The molecule has 1 aliphatic rings. The molecule has 1 fully saturated rings. The van der Waals surface area contributed by atoms with Gasteiger partial charge < -0.3 is 4.90 Å². The Morgan fingerprint density at radius 1 is 1.50 bits per heavy atom.